The van der Waals surface area contributed by atoms with Gasteiger partial charge in [-0.3, -0.25) is 9.59 Å². The SMILES string of the molecule is CCCCCCCCCCCC(=O)OC(=O)CC. The van der Waals surface area contributed by atoms with Crippen LogP contribution in [0.4, 0.5) is 0 Å². The highest BCUT2D eigenvalue weighted by Gasteiger charge is 2.07. The molecule has 0 saturated heterocycles. The van der Waals surface area contributed by atoms with Gasteiger partial charge in [0.1, 0.15) is 0 Å². The van der Waals surface area contributed by atoms with Crippen molar-refractivity contribution in [2.75, 3.05) is 0 Å². The molecule has 0 aromatic heterocycles. The summed E-state index contributed by atoms with van der Waals surface area (Å²) >= 11 is 0. The van der Waals surface area contributed by atoms with Crippen molar-refractivity contribution in [2.45, 2.75) is 84.5 Å². The molecule has 0 N–H and O–H groups in total. The van der Waals surface area contributed by atoms with E-state index in [9.17, 15) is 9.59 Å². The molecule has 0 saturated carbocycles. The highest BCUT2D eigenvalue weighted by atomic mass is 16.6. The Morgan fingerprint density at radius 2 is 1.22 bits per heavy atom. The van der Waals surface area contributed by atoms with E-state index in [4.69, 9.17) is 0 Å². The van der Waals surface area contributed by atoms with Gasteiger partial charge in [0.05, 0.1) is 0 Å². The minimum absolute atomic E-state index is 0.267. The minimum atomic E-state index is -0.420. The lowest BCUT2D eigenvalue weighted by atomic mass is 10.1. The van der Waals surface area contributed by atoms with E-state index in [0.717, 1.165) is 12.8 Å². The number of unbranched alkanes of at least 4 members (excludes halogenated alkanes) is 8. The number of carbonyl (C=O) groups excluding carboxylic acids is 2. The van der Waals surface area contributed by atoms with Crippen LogP contribution in [0.25, 0.3) is 0 Å². The van der Waals surface area contributed by atoms with Crippen LogP contribution >= 0.6 is 0 Å². The summed E-state index contributed by atoms with van der Waals surface area (Å²) in [5, 5.41) is 0. The first kappa shape index (κ1) is 17.1. The molecule has 0 spiro atoms. The van der Waals surface area contributed by atoms with Gasteiger partial charge in [0.25, 0.3) is 0 Å². The number of rotatable bonds is 11. The summed E-state index contributed by atoms with van der Waals surface area (Å²) in [5.41, 5.74) is 0. The fraction of sp³-hybridized carbons (Fsp3) is 0.867. The van der Waals surface area contributed by atoms with Crippen molar-refractivity contribution in [3.8, 4) is 0 Å². The number of carbonyl (C=O) groups is 2. The smallest absolute Gasteiger partial charge is 0.313 e. The van der Waals surface area contributed by atoms with E-state index < -0.39 is 5.97 Å². The third-order valence-electron chi connectivity index (χ3n) is 3.00. The molecule has 0 amide bonds. The summed E-state index contributed by atoms with van der Waals surface area (Å²) < 4.78 is 4.59. The molecule has 3 nitrogen and oxygen atoms in total. The Bertz CT molecular complexity index is 224. The van der Waals surface area contributed by atoms with Crippen LogP contribution in [-0.2, 0) is 14.3 Å². The zero-order chi connectivity index (χ0) is 13.6. The highest BCUT2D eigenvalue weighted by molar-refractivity contribution is 5.85. The third-order valence-corrected chi connectivity index (χ3v) is 3.00. The molecule has 0 unspecified atom stereocenters. The zero-order valence-corrected chi connectivity index (χ0v) is 12.0. The molecule has 0 aliphatic carbocycles. The van der Waals surface area contributed by atoms with E-state index in [1.807, 2.05) is 0 Å². The molecule has 0 aromatic rings. The predicted octanol–water partition coefficient (Wildman–Crippen LogP) is 4.39. The quantitative estimate of drug-likeness (QED) is 0.313. The molecule has 0 aromatic carbocycles. The van der Waals surface area contributed by atoms with Gasteiger partial charge in [-0.25, -0.2) is 0 Å². The molecule has 0 rings (SSSR count). The Morgan fingerprint density at radius 3 is 1.72 bits per heavy atom. The molecule has 0 fully saturated rings. The second-order valence-electron chi connectivity index (χ2n) is 4.78. The Labute approximate surface area is 111 Å². The van der Waals surface area contributed by atoms with Gasteiger partial charge in [0.2, 0.25) is 0 Å². The second kappa shape index (κ2) is 12.6. The summed E-state index contributed by atoms with van der Waals surface area (Å²) in [6, 6.07) is 0. The van der Waals surface area contributed by atoms with Gasteiger partial charge < -0.3 is 4.74 Å². The highest BCUT2D eigenvalue weighted by Crippen LogP contribution is 2.10. The number of esters is 2. The van der Waals surface area contributed by atoms with Crippen LogP contribution in [0, 0.1) is 0 Å². The van der Waals surface area contributed by atoms with E-state index in [0.29, 0.717) is 6.42 Å². The van der Waals surface area contributed by atoms with Crippen molar-refractivity contribution in [2.24, 2.45) is 0 Å². The van der Waals surface area contributed by atoms with Crippen LogP contribution < -0.4 is 0 Å². The Balaban J connectivity index is 3.20. The van der Waals surface area contributed by atoms with Crippen molar-refractivity contribution in [3.63, 3.8) is 0 Å². The fourth-order valence-corrected chi connectivity index (χ4v) is 1.83. The molecular formula is C15H28O3. The van der Waals surface area contributed by atoms with Crippen molar-refractivity contribution in [1.82, 2.24) is 0 Å². The average molecular weight is 256 g/mol. The van der Waals surface area contributed by atoms with E-state index in [1.54, 1.807) is 6.92 Å². The molecule has 0 atom stereocenters. The maximum Gasteiger partial charge on any atom is 0.313 e. The Hall–Kier alpha value is -0.860. The first-order valence-corrected chi connectivity index (χ1v) is 7.44. The van der Waals surface area contributed by atoms with Crippen LogP contribution in [0.2, 0.25) is 0 Å². The molecule has 0 bridgehead atoms. The predicted molar refractivity (Wildman–Crippen MR) is 73.2 cm³/mol. The molecule has 0 heterocycles. The van der Waals surface area contributed by atoms with E-state index in [2.05, 4.69) is 11.7 Å². The van der Waals surface area contributed by atoms with Crippen LogP contribution in [0.1, 0.15) is 84.5 Å². The van der Waals surface area contributed by atoms with Gasteiger partial charge in [-0.2, -0.15) is 0 Å². The lowest BCUT2D eigenvalue weighted by Gasteiger charge is -2.02. The van der Waals surface area contributed by atoms with Crippen LogP contribution in [0.3, 0.4) is 0 Å². The largest absolute Gasteiger partial charge is 0.393 e. The van der Waals surface area contributed by atoms with E-state index >= 15 is 0 Å². The monoisotopic (exact) mass is 256 g/mol. The fourth-order valence-electron chi connectivity index (χ4n) is 1.83. The topological polar surface area (TPSA) is 43.4 Å². The summed E-state index contributed by atoms with van der Waals surface area (Å²) in [7, 11) is 0. The Morgan fingerprint density at radius 1 is 0.722 bits per heavy atom. The summed E-state index contributed by atoms with van der Waals surface area (Å²) in [6.07, 6.45) is 11.6. The zero-order valence-electron chi connectivity index (χ0n) is 12.0. The van der Waals surface area contributed by atoms with Gasteiger partial charge in [0.15, 0.2) is 0 Å². The summed E-state index contributed by atoms with van der Waals surface area (Å²) in [4.78, 5) is 22.0. The molecule has 106 valence electrons. The molecular weight excluding hydrogens is 228 g/mol. The van der Waals surface area contributed by atoms with Gasteiger partial charge in [-0.05, 0) is 6.42 Å². The molecule has 3 heteroatoms. The number of ether oxygens (including phenoxy) is 1. The summed E-state index contributed by atoms with van der Waals surface area (Å²) in [6.45, 7) is 3.91. The molecule has 0 aliphatic heterocycles. The van der Waals surface area contributed by atoms with Crippen LogP contribution in [0.5, 0.6) is 0 Å². The number of hydrogen-bond acceptors (Lipinski definition) is 3. The lowest BCUT2D eigenvalue weighted by Crippen LogP contribution is -2.10. The average Bonchev–Trinajstić information content (AvgIpc) is 2.36. The minimum Gasteiger partial charge on any atom is -0.393 e. The van der Waals surface area contributed by atoms with Gasteiger partial charge in [-0.1, -0.05) is 65.2 Å². The molecule has 0 aliphatic rings. The normalized spacial score (nSPS) is 10.3. The second-order valence-corrected chi connectivity index (χ2v) is 4.78. The van der Waals surface area contributed by atoms with E-state index in [1.165, 1.54) is 44.9 Å². The van der Waals surface area contributed by atoms with Gasteiger partial charge in [0, 0.05) is 12.8 Å². The van der Waals surface area contributed by atoms with E-state index in [-0.39, 0.29) is 12.4 Å². The first-order chi connectivity index (χ1) is 8.70. The molecule has 0 radical (unpaired) electrons. The maximum atomic E-state index is 11.2. The lowest BCUT2D eigenvalue weighted by molar-refractivity contribution is -0.159. The summed E-state index contributed by atoms with van der Waals surface area (Å²) in [5.74, 6) is -0.791. The van der Waals surface area contributed by atoms with Crippen molar-refractivity contribution in [1.29, 1.82) is 0 Å². The van der Waals surface area contributed by atoms with Crippen LogP contribution in [0.15, 0.2) is 0 Å². The van der Waals surface area contributed by atoms with Crippen LogP contribution in [-0.4, -0.2) is 11.9 Å². The van der Waals surface area contributed by atoms with Crippen molar-refractivity contribution >= 4 is 11.9 Å². The van der Waals surface area contributed by atoms with Crippen molar-refractivity contribution in [3.05, 3.63) is 0 Å². The third kappa shape index (κ3) is 11.6. The van der Waals surface area contributed by atoms with Gasteiger partial charge >= 0.3 is 11.9 Å². The first-order valence-electron chi connectivity index (χ1n) is 7.44. The van der Waals surface area contributed by atoms with Gasteiger partial charge in [-0.15, -0.1) is 0 Å². The van der Waals surface area contributed by atoms with Crippen molar-refractivity contribution < 1.29 is 14.3 Å². The Kier molecular flexibility index (Phi) is 12.0. The maximum absolute atomic E-state index is 11.2. The standard InChI is InChI=1S/C15H28O3/c1-3-5-6-7-8-9-10-11-12-13-15(17)18-14(16)4-2/h3-13H2,1-2H3. The number of hydrogen-bond donors (Lipinski definition) is 0. The molecule has 18 heavy (non-hydrogen) atoms.